The van der Waals surface area contributed by atoms with Gasteiger partial charge in [-0.25, -0.2) is 9.31 Å². The van der Waals surface area contributed by atoms with E-state index in [0.717, 1.165) is 11.1 Å². The van der Waals surface area contributed by atoms with Crippen molar-refractivity contribution in [1.82, 2.24) is 9.61 Å². The molecule has 6 nitrogen and oxygen atoms in total. The highest BCUT2D eigenvalue weighted by Gasteiger charge is 2.19. The molecule has 6 heteroatoms. The Bertz CT molecular complexity index is 853. The van der Waals surface area contributed by atoms with Crippen molar-refractivity contribution in [2.75, 3.05) is 0 Å². The number of fused-ring (bicyclic) bond motifs is 1. The molecule has 2 heterocycles. The van der Waals surface area contributed by atoms with E-state index in [9.17, 15) is 4.79 Å². The molecular formula is C16H13N3O3. The van der Waals surface area contributed by atoms with E-state index in [1.165, 1.54) is 0 Å². The number of aromatic nitrogens is 2. The third-order valence-electron chi connectivity index (χ3n) is 3.40. The second-order valence-electron chi connectivity index (χ2n) is 4.75. The lowest BCUT2D eigenvalue weighted by Gasteiger charge is -2.03. The first-order valence-electron chi connectivity index (χ1n) is 6.66. The number of aliphatic carboxylic acids is 1. The smallest absolute Gasteiger partial charge is 0.354 e. The minimum absolute atomic E-state index is 0.0103. The molecule has 0 bridgehead atoms. The van der Waals surface area contributed by atoms with Gasteiger partial charge in [0.15, 0.2) is 5.71 Å². The predicted molar refractivity (Wildman–Crippen MR) is 81.2 cm³/mol. The van der Waals surface area contributed by atoms with Crippen LogP contribution >= 0.6 is 0 Å². The number of pyridine rings is 1. The summed E-state index contributed by atoms with van der Waals surface area (Å²) in [4.78, 5) is 11.1. The van der Waals surface area contributed by atoms with E-state index >= 15 is 0 Å². The zero-order valence-electron chi connectivity index (χ0n) is 11.5. The maximum atomic E-state index is 11.1. The number of carbonyl (C=O) groups is 1. The van der Waals surface area contributed by atoms with Crippen LogP contribution in [0.1, 0.15) is 5.56 Å². The van der Waals surface area contributed by atoms with Crippen molar-refractivity contribution in [2.45, 2.75) is 6.42 Å². The number of hydrogen-bond acceptors (Lipinski definition) is 4. The van der Waals surface area contributed by atoms with Crippen LogP contribution in [0, 0.1) is 0 Å². The van der Waals surface area contributed by atoms with E-state index in [0.29, 0.717) is 11.3 Å². The number of carboxylic acid groups (broad SMARTS) is 1. The summed E-state index contributed by atoms with van der Waals surface area (Å²) in [5, 5.41) is 25.4. The highest BCUT2D eigenvalue weighted by molar-refractivity contribution is 6.36. The van der Waals surface area contributed by atoms with Crippen molar-refractivity contribution in [3.05, 3.63) is 60.3 Å². The first-order valence-corrected chi connectivity index (χ1v) is 6.66. The molecule has 3 aromatic rings. The molecule has 0 atom stereocenters. The highest BCUT2D eigenvalue weighted by atomic mass is 16.4. The quantitative estimate of drug-likeness (QED) is 0.440. The third kappa shape index (κ3) is 2.42. The summed E-state index contributed by atoms with van der Waals surface area (Å²) in [6.07, 6.45) is 1.78. The molecule has 1 aromatic carbocycles. The van der Waals surface area contributed by atoms with Gasteiger partial charge in [-0.2, -0.15) is 5.10 Å². The molecule has 0 saturated heterocycles. The van der Waals surface area contributed by atoms with Gasteiger partial charge in [0.25, 0.3) is 0 Å². The van der Waals surface area contributed by atoms with Gasteiger partial charge >= 0.3 is 5.97 Å². The lowest BCUT2D eigenvalue weighted by Crippen LogP contribution is -2.16. The molecule has 0 fully saturated rings. The second-order valence-corrected chi connectivity index (χ2v) is 4.75. The maximum absolute atomic E-state index is 11.1. The largest absolute Gasteiger partial charge is 0.477 e. The Labute approximate surface area is 125 Å². The number of benzene rings is 1. The molecule has 0 radical (unpaired) electrons. The summed E-state index contributed by atoms with van der Waals surface area (Å²) < 4.78 is 1.69. The van der Waals surface area contributed by atoms with Gasteiger partial charge in [-0.15, -0.1) is 0 Å². The SMILES string of the molecule is O=C(O)C(Cc1c(-c2ccccc2)nn2ccccc12)=NO. The number of oxime groups is 1. The molecule has 0 amide bonds. The monoisotopic (exact) mass is 295 g/mol. The van der Waals surface area contributed by atoms with Crippen molar-refractivity contribution in [3.8, 4) is 11.3 Å². The molecule has 0 saturated carbocycles. The minimum atomic E-state index is -1.25. The van der Waals surface area contributed by atoms with Crippen molar-refractivity contribution < 1.29 is 15.1 Å². The lowest BCUT2D eigenvalue weighted by atomic mass is 10.0. The van der Waals surface area contributed by atoms with Crippen molar-refractivity contribution in [2.24, 2.45) is 5.16 Å². The second kappa shape index (κ2) is 5.69. The Morgan fingerprint density at radius 2 is 1.86 bits per heavy atom. The Hall–Kier alpha value is -3.15. The van der Waals surface area contributed by atoms with Crippen molar-refractivity contribution in [3.63, 3.8) is 0 Å². The van der Waals surface area contributed by atoms with Crippen molar-refractivity contribution >= 4 is 17.2 Å². The lowest BCUT2D eigenvalue weighted by molar-refractivity contribution is -0.129. The van der Waals surface area contributed by atoms with Crippen LogP contribution in [0.5, 0.6) is 0 Å². The fourth-order valence-electron chi connectivity index (χ4n) is 2.37. The molecule has 110 valence electrons. The van der Waals surface area contributed by atoms with E-state index in [-0.39, 0.29) is 12.1 Å². The maximum Gasteiger partial charge on any atom is 0.354 e. The predicted octanol–water partition coefficient (Wildman–Crippen LogP) is 2.46. The molecule has 0 unspecified atom stereocenters. The van der Waals surface area contributed by atoms with Gasteiger partial charge in [0.1, 0.15) is 0 Å². The Morgan fingerprint density at radius 3 is 2.55 bits per heavy atom. The number of carboxylic acids is 1. The first kappa shape index (κ1) is 13.8. The zero-order chi connectivity index (χ0) is 15.5. The van der Waals surface area contributed by atoms with Gasteiger partial charge in [0.2, 0.25) is 0 Å². The van der Waals surface area contributed by atoms with Crippen LogP contribution in [0.15, 0.2) is 59.9 Å². The Kier molecular flexibility index (Phi) is 3.57. The fourth-order valence-corrected chi connectivity index (χ4v) is 2.37. The standard InChI is InChI=1S/C16H13N3O3/c20-16(21)13(18-22)10-12-14-8-4-5-9-19(14)17-15(12)11-6-2-1-3-7-11/h1-9,22H,10H2,(H,20,21). The van der Waals surface area contributed by atoms with E-state index < -0.39 is 5.97 Å². The number of hydrogen-bond donors (Lipinski definition) is 2. The van der Waals surface area contributed by atoms with Gasteiger partial charge < -0.3 is 10.3 Å². The summed E-state index contributed by atoms with van der Waals surface area (Å²) in [6.45, 7) is 0. The topological polar surface area (TPSA) is 87.2 Å². The number of nitrogens with zero attached hydrogens (tertiary/aromatic N) is 3. The molecule has 0 spiro atoms. The summed E-state index contributed by atoms with van der Waals surface area (Å²) in [5.74, 6) is -1.25. The Balaban J connectivity index is 2.20. The van der Waals surface area contributed by atoms with E-state index in [1.807, 2.05) is 48.5 Å². The van der Waals surface area contributed by atoms with Crippen LogP contribution in [-0.4, -0.2) is 31.6 Å². The number of rotatable bonds is 4. The van der Waals surface area contributed by atoms with Crippen molar-refractivity contribution in [1.29, 1.82) is 0 Å². The summed E-state index contributed by atoms with van der Waals surface area (Å²) in [7, 11) is 0. The van der Waals surface area contributed by atoms with Gasteiger partial charge in [0.05, 0.1) is 11.2 Å². The molecular weight excluding hydrogens is 282 g/mol. The summed E-state index contributed by atoms with van der Waals surface area (Å²) in [5.41, 5.74) is 2.72. The van der Waals surface area contributed by atoms with Crippen LogP contribution in [0.3, 0.4) is 0 Å². The molecule has 2 N–H and O–H groups in total. The van der Waals surface area contributed by atoms with Crippen LogP contribution in [0.25, 0.3) is 16.8 Å². The molecule has 2 aromatic heterocycles. The molecule has 0 aliphatic carbocycles. The molecule has 3 rings (SSSR count). The summed E-state index contributed by atoms with van der Waals surface area (Å²) in [6, 6.07) is 15.0. The molecule has 0 aliphatic rings. The highest BCUT2D eigenvalue weighted by Crippen LogP contribution is 2.26. The zero-order valence-corrected chi connectivity index (χ0v) is 11.5. The van der Waals surface area contributed by atoms with Gasteiger partial charge in [-0.3, -0.25) is 0 Å². The Morgan fingerprint density at radius 1 is 1.14 bits per heavy atom. The average molecular weight is 295 g/mol. The molecule has 0 aliphatic heterocycles. The van der Waals surface area contributed by atoms with Crippen LogP contribution in [-0.2, 0) is 11.2 Å². The van der Waals surface area contributed by atoms with E-state index in [1.54, 1.807) is 10.7 Å². The minimum Gasteiger partial charge on any atom is -0.477 e. The normalized spacial score (nSPS) is 11.7. The van der Waals surface area contributed by atoms with E-state index in [4.69, 9.17) is 10.3 Å². The van der Waals surface area contributed by atoms with E-state index in [2.05, 4.69) is 10.3 Å². The first-order chi connectivity index (χ1) is 10.7. The van der Waals surface area contributed by atoms with Gasteiger partial charge in [-0.05, 0) is 12.1 Å². The van der Waals surface area contributed by atoms with Gasteiger partial charge in [-0.1, -0.05) is 41.6 Å². The summed E-state index contributed by atoms with van der Waals surface area (Å²) >= 11 is 0. The third-order valence-corrected chi connectivity index (χ3v) is 3.40. The fraction of sp³-hybridized carbons (Fsp3) is 0.0625. The van der Waals surface area contributed by atoms with Gasteiger partial charge in [0, 0.05) is 23.7 Å². The average Bonchev–Trinajstić information content (AvgIpc) is 2.91. The van der Waals surface area contributed by atoms with Crippen LogP contribution in [0.4, 0.5) is 0 Å². The van der Waals surface area contributed by atoms with Crippen LogP contribution in [0.2, 0.25) is 0 Å². The molecule has 22 heavy (non-hydrogen) atoms. The van der Waals surface area contributed by atoms with Crippen LogP contribution < -0.4 is 0 Å².